The van der Waals surface area contributed by atoms with E-state index in [1.165, 1.54) is 0 Å². The second-order valence-electron chi connectivity index (χ2n) is 3.94. The molecule has 1 saturated carbocycles. The van der Waals surface area contributed by atoms with Gasteiger partial charge in [-0.1, -0.05) is 0 Å². The lowest BCUT2D eigenvalue weighted by molar-refractivity contribution is -0.186. The molecule has 1 fully saturated rings. The number of hydrogen-bond donors (Lipinski definition) is 2. The summed E-state index contributed by atoms with van der Waals surface area (Å²) in [5, 5.41) is 17.6. The largest absolute Gasteiger partial charge is 0.479 e. The average Bonchev–Trinajstić information content (AvgIpc) is 2.15. The van der Waals surface area contributed by atoms with Crippen molar-refractivity contribution in [3.63, 3.8) is 0 Å². The third-order valence-electron chi connectivity index (χ3n) is 2.93. The summed E-state index contributed by atoms with van der Waals surface area (Å²) in [5.41, 5.74) is 0. The number of carboxylic acids is 1. The Kier molecular flexibility index (Phi) is 3.59. The molecular weight excluding hydrogens is 213 g/mol. The van der Waals surface area contributed by atoms with Crippen molar-refractivity contribution >= 4 is 5.97 Å². The minimum absolute atomic E-state index is 0.0848. The number of rotatable bonds is 2. The summed E-state index contributed by atoms with van der Waals surface area (Å²) in [7, 11) is 0. The summed E-state index contributed by atoms with van der Waals surface area (Å²) in [5.74, 6) is -3.23. The number of hydrogen-bond acceptors (Lipinski definition) is 2. The van der Waals surface area contributed by atoms with Gasteiger partial charge >= 0.3 is 12.1 Å². The van der Waals surface area contributed by atoms with Gasteiger partial charge in [-0.15, -0.1) is 0 Å². The molecule has 0 radical (unpaired) electrons. The Balaban J connectivity index is 2.46. The Labute approximate surface area is 84.9 Å². The van der Waals surface area contributed by atoms with Crippen LogP contribution in [0.15, 0.2) is 0 Å². The van der Waals surface area contributed by atoms with Crippen molar-refractivity contribution in [2.45, 2.75) is 38.0 Å². The summed E-state index contributed by atoms with van der Waals surface area (Å²) in [6.07, 6.45) is -5.65. The lowest BCUT2D eigenvalue weighted by Gasteiger charge is -2.30. The molecule has 1 aliphatic rings. The number of halogens is 3. The molecule has 0 aromatic rings. The normalized spacial score (nSPS) is 29.9. The number of aliphatic hydroxyl groups is 1. The number of aliphatic hydroxyl groups excluding tert-OH is 1. The molecule has 1 rings (SSSR count). The van der Waals surface area contributed by atoms with Gasteiger partial charge in [-0.05, 0) is 31.6 Å². The van der Waals surface area contributed by atoms with E-state index in [9.17, 15) is 18.0 Å². The maximum atomic E-state index is 12.2. The highest BCUT2D eigenvalue weighted by atomic mass is 19.4. The van der Waals surface area contributed by atoms with Crippen molar-refractivity contribution in [2.24, 2.45) is 11.8 Å². The Bertz CT molecular complexity index is 231. The van der Waals surface area contributed by atoms with E-state index in [0.717, 1.165) is 0 Å². The van der Waals surface area contributed by atoms with Gasteiger partial charge in [0.25, 0.3) is 0 Å². The molecule has 0 spiro atoms. The molecule has 88 valence electrons. The van der Waals surface area contributed by atoms with E-state index in [1.54, 1.807) is 0 Å². The Morgan fingerprint density at radius 1 is 1.20 bits per heavy atom. The van der Waals surface area contributed by atoms with E-state index in [0.29, 0.717) is 0 Å². The van der Waals surface area contributed by atoms with Crippen LogP contribution in [0.1, 0.15) is 25.7 Å². The molecule has 0 heterocycles. The van der Waals surface area contributed by atoms with Crippen LogP contribution in [0.5, 0.6) is 0 Å². The second kappa shape index (κ2) is 4.38. The van der Waals surface area contributed by atoms with Crippen molar-refractivity contribution in [3.05, 3.63) is 0 Å². The van der Waals surface area contributed by atoms with Crippen molar-refractivity contribution in [1.82, 2.24) is 0 Å². The fraction of sp³-hybridized carbons (Fsp3) is 0.889. The molecule has 0 amide bonds. The summed E-state index contributed by atoms with van der Waals surface area (Å²) < 4.78 is 36.7. The van der Waals surface area contributed by atoms with Crippen LogP contribution < -0.4 is 0 Å². The van der Waals surface area contributed by atoms with Gasteiger partial charge in [0.15, 0.2) is 6.10 Å². The van der Waals surface area contributed by atoms with Gasteiger partial charge in [-0.25, -0.2) is 4.79 Å². The number of carbonyl (C=O) groups is 1. The molecule has 0 aromatic heterocycles. The molecule has 1 unspecified atom stereocenters. The van der Waals surface area contributed by atoms with Gasteiger partial charge in [0, 0.05) is 0 Å². The first-order valence-corrected chi connectivity index (χ1v) is 4.80. The zero-order valence-electron chi connectivity index (χ0n) is 8.00. The fourth-order valence-corrected chi connectivity index (χ4v) is 1.96. The molecule has 0 saturated heterocycles. The average molecular weight is 226 g/mol. The smallest absolute Gasteiger partial charge is 0.391 e. The Morgan fingerprint density at radius 2 is 1.67 bits per heavy atom. The maximum absolute atomic E-state index is 12.2. The van der Waals surface area contributed by atoms with Crippen molar-refractivity contribution in [3.8, 4) is 0 Å². The quantitative estimate of drug-likeness (QED) is 0.754. The van der Waals surface area contributed by atoms with Crippen molar-refractivity contribution in [2.75, 3.05) is 0 Å². The predicted molar refractivity (Wildman–Crippen MR) is 45.1 cm³/mol. The van der Waals surface area contributed by atoms with E-state index >= 15 is 0 Å². The maximum Gasteiger partial charge on any atom is 0.391 e. The van der Waals surface area contributed by atoms with Crippen LogP contribution in [0.25, 0.3) is 0 Å². The zero-order valence-corrected chi connectivity index (χ0v) is 8.00. The monoisotopic (exact) mass is 226 g/mol. The van der Waals surface area contributed by atoms with Crippen LogP contribution in [0.3, 0.4) is 0 Å². The molecule has 0 aromatic carbocycles. The fourth-order valence-electron chi connectivity index (χ4n) is 1.96. The first-order chi connectivity index (χ1) is 6.82. The minimum Gasteiger partial charge on any atom is -0.479 e. The lowest BCUT2D eigenvalue weighted by Crippen LogP contribution is -2.35. The summed E-state index contributed by atoms with van der Waals surface area (Å²) >= 11 is 0. The topological polar surface area (TPSA) is 57.5 Å². The van der Waals surface area contributed by atoms with E-state index in [2.05, 4.69) is 0 Å². The van der Waals surface area contributed by atoms with Crippen LogP contribution in [0, 0.1) is 11.8 Å². The highest BCUT2D eigenvalue weighted by Crippen LogP contribution is 2.40. The molecule has 1 aliphatic carbocycles. The highest BCUT2D eigenvalue weighted by molar-refractivity contribution is 5.72. The van der Waals surface area contributed by atoms with Gasteiger partial charge < -0.3 is 10.2 Å². The molecular formula is C9H13F3O3. The van der Waals surface area contributed by atoms with E-state index in [1.807, 2.05) is 0 Å². The van der Waals surface area contributed by atoms with Crippen LogP contribution in [0.2, 0.25) is 0 Å². The third-order valence-corrected chi connectivity index (χ3v) is 2.93. The third kappa shape index (κ3) is 3.09. The van der Waals surface area contributed by atoms with Crippen LogP contribution in [0.4, 0.5) is 13.2 Å². The van der Waals surface area contributed by atoms with E-state index in [4.69, 9.17) is 10.2 Å². The summed E-state index contributed by atoms with van der Waals surface area (Å²) in [4.78, 5) is 10.4. The molecule has 0 aliphatic heterocycles. The Hall–Kier alpha value is -0.780. The van der Waals surface area contributed by atoms with Gasteiger partial charge in [-0.2, -0.15) is 13.2 Å². The standard InChI is InChI=1S/C9H13F3O3/c10-9(11,12)6-3-1-5(2-4-6)7(13)8(14)15/h5-7,13H,1-4H2,(H,14,15). The Morgan fingerprint density at radius 3 is 2.00 bits per heavy atom. The van der Waals surface area contributed by atoms with E-state index < -0.39 is 30.1 Å². The molecule has 2 N–H and O–H groups in total. The predicted octanol–water partition coefficient (Wildman–Crippen LogP) is 1.80. The van der Waals surface area contributed by atoms with Crippen LogP contribution >= 0.6 is 0 Å². The summed E-state index contributed by atoms with van der Waals surface area (Å²) in [6.45, 7) is 0. The van der Waals surface area contributed by atoms with Gasteiger partial charge in [0.1, 0.15) is 0 Å². The SMILES string of the molecule is O=C(O)C(O)C1CCC(C(F)(F)F)CC1. The lowest BCUT2D eigenvalue weighted by atomic mass is 9.79. The highest BCUT2D eigenvalue weighted by Gasteiger charge is 2.43. The van der Waals surface area contributed by atoms with Crippen molar-refractivity contribution < 1.29 is 28.2 Å². The first kappa shape index (κ1) is 12.3. The molecule has 0 bridgehead atoms. The van der Waals surface area contributed by atoms with Crippen LogP contribution in [-0.4, -0.2) is 28.5 Å². The minimum atomic E-state index is -4.20. The van der Waals surface area contributed by atoms with Gasteiger partial charge in [-0.3, -0.25) is 0 Å². The number of carboxylic acid groups (broad SMARTS) is 1. The molecule has 15 heavy (non-hydrogen) atoms. The first-order valence-electron chi connectivity index (χ1n) is 4.80. The molecule has 3 nitrogen and oxygen atoms in total. The summed E-state index contributed by atoms with van der Waals surface area (Å²) in [6, 6.07) is 0. The van der Waals surface area contributed by atoms with Gasteiger partial charge in [0.05, 0.1) is 5.92 Å². The van der Waals surface area contributed by atoms with Crippen LogP contribution in [-0.2, 0) is 4.79 Å². The number of aliphatic carboxylic acids is 1. The second-order valence-corrected chi connectivity index (χ2v) is 3.94. The van der Waals surface area contributed by atoms with Gasteiger partial charge in [0.2, 0.25) is 0 Å². The molecule has 1 atom stereocenters. The van der Waals surface area contributed by atoms with E-state index in [-0.39, 0.29) is 25.7 Å². The zero-order chi connectivity index (χ0) is 11.6. The molecule has 6 heteroatoms. The number of alkyl halides is 3. The van der Waals surface area contributed by atoms with Crippen molar-refractivity contribution in [1.29, 1.82) is 0 Å².